The quantitative estimate of drug-likeness (QED) is 0.657. The van der Waals surface area contributed by atoms with Crippen LogP contribution in [0.4, 0.5) is 0 Å². The van der Waals surface area contributed by atoms with E-state index in [0.29, 0.717) is 70.4 Å². The van der Waals surface area contributed by atoms with E-state index in [4.69, 9.17) is 9.47 Å². The van der Waals surface area contributed by atoms with E-state index >= 15 is 0 Å². The molecule has 1 aromatic carbocycles. The Morgan fingerprint density at radius 3 is 2.43 bits per heavy atom. The van der Waals surface area contributed by atoms with Crippen LogP contribution in [-0.4, -0.2) is 76.0 Å². The summed E-state index contributed by atoms with van der Waals surface area (Å²) < 4.78 is 38.8. The average molecular weight is 414 g/mol. The molecular weight excluding hydrogens is 382 g/mol. The maximum absolute atomic E-state index is 13.1. The second-order valence-electron chi connectivity index (χ2n) is 6.46. The van der Waals surface area contributed by atoms with Gasteiger partial charge < -0.3 is 14.8 Å². The molecule has 0 spiro atoms. The second kappa shape index (κ2) is 10.6. The Balaban J connectivity index is 2.13. The number of hydrogen-bond acceptors (Lipinski definition) is 6. The van der Waals surface area contributed by atoms with E-state index in [1.807, 2.05) is 25.7 Å². The van der Waals surface area contributed by atoms with Crippen LogP contribution >= 0.6 is 0 Å². The molecule has 1 aliphatic heterocycles. The van der Waals surface area contributed by atoms with Crippen LogP contribution in [0.25, 0.3) is 0 Å². The highest BCUT2D eigenvalue weighted by Crippen LogP contribution is 2.31. The fraction of sp³-hybridized carbons (Fsp3) is 0.632. The summed E-state index contributed by atoms with van der Waals surface area (Å²) in [5.41, 5.74) is 0. The van der Waals surface area contributed by atoms with Gasteiger partial charge in [-0.05, 0) is 45.9 Å². The van der Waals surface area contributed by atoms with Crippen molar-refractivity contribution < 1.29 is 22.7 Å². The molecule has 0 bridgehead atoms. The molecule has 0 saturated carbocycles. The second-order valence-corrected chi connectivity index (χ2v) is 8.40. The van der Waals surface area contributed by atoms with E-state index in [-0.39, 0.29) is 10.8 Å². The van der Waals surface area contributed by atoms with Crippen LogP contribution in [0.1, 0.15) is 27.2 Å². The fourth-order valence-corrected chi connectivity index (χ4v) is 4.63. The van der Waals surface area contributed by atoms with E-state index in [1.165, 1.54) is 10.4 Å². The number of carbonyl (C=O) groups is 1. The number of rotatable bonds is 9. The average Bonchev–Trinajstić information content (AvgIpc) is 2.89. The molecule has 1 N–H and O–H groups in total. The predicted octanol–water partition coefficient (Wildman–Crippen LogP) is 1.32. The number of nitrogens with zero attached hydrogens (tertiary/aromatic N) is 2. The van der Waals surface area contributed by atoms with Crippen molar-refractivity contribution in [2.24, 2.45) is 0 Å². The Bertz CT molecular complexity index is 754. The van der Waals surface area contributed by atoms with Gasteiger partial charge in [0.1, 0.15) is 0 Å². The first-order valence-electron chi connectivity index (χ1n) is 9.81. The molecule has 0 radical (unpaired) electrons. The first-order chi connectivity index (χ1) is 13.4. The molecule has 158 valence electrons. The monoisotopic (exact) mass is 413 g/mol. The van der Waals surface area contributed by atoms with Gasteiger partial charge in [0.25, 0.3) is 0 Å². The molecule has 9 heteroatoms. The van der Waals surface area contributed by atoms with E-state index in [9.17, 15) is 13.2 Å². The van der Waals surface area contributed by atoms with E-state index in [2.05, 4.69) is 5.32 Å². The van der Waals surface area contributed by atoms with Crippen LogP contribution in [0.2, 0.25) is 0 Å². The lowest BCUT2D eigenvalue weighted by Crippen LogP contribution is -2.40. The highest BCUT2D eigenvalue weighted by Gasteiger charge is 2.28. The van der Waals surface area contributed by atoms with Gasteiger partial charge in [-0.1, -0.05) is 0 Å². The molecule has 1 fully saturated rings. The summed E-state index contributed by atoms with van der Waals surface area (Å²) in [5.74, 6) is 0.928. The minimum atomic E-state index is -3.65. The minimum absolute atomic E-state index is 0.0355. The highest BCUT2D eigenvalue weighted by atomic mass is 32.2. The molecule has 1 amide bonds. The summed E-state index contributed by atoms with van der Waals surface area (Å²) in [6, 6.07) is 4.72. The standard InChI is InChI=1S/C19H31N3O5S/c1-4-20-19(23)15-21-10-7-11-22(13-12-21)28(24,25)16-8-9-17(26-5-2)18(14-16)27-6-3/h8-9,14H,4-7,10-13,15H2,1-3H3,(H,20,23). The van der Waals surface area contributed by atoms with Crippen molar-refractivity contribution in [2.45, 2.75) is 32.1 Å². The fourth-order valence-electron chi connectivity index (χ4n) is 3.14. The lowest BCUT2D eigenvalue weighted by atomic mass is 10.3. The Morgan fingerprint density at radius 1 is 1.04 bits per heavy atom. The van der Waals surface area contributed by atoms with Crippen LogP contribution < -0.4 is 14.8 Å². The van der Waals surface area contributed by atoms with Crippen LogP contribution in [0.15, 0.2) is 23.1 Å². The smallest absolute Gasteiger partial charge is 0.243 e. The number of amides is 1. The number of hydrogen-bond donors (Lipinski definition) is 1. The summed E-state index contributed by atoms with van der Waals surface area (Å²) >= 11 is 0. The summed E-state index contributed by atoms with van der Waals surface area (Å²) in [7, 11) is -3.65. The maximum Gasteiger partial charge on any atom is 0.243 e. The van der Waals surface area contributed by atoms with Gasteiger partial charge in [-0.25, -0.2) is 8.42 Å². The molecule has 0 aliphatic carbocycles. The summed E-state index contributed by atoms with van der Waals surface area (Å²) in [5, 5.41) is 2.78. The van der Waals surface area contributed by atoms with Crippen molar-refractivity contribution in [2.75, 3.05) is 52.5 Å². The summed E-state index contributed by atoms with van der Waals surface area (Å²) in [6.07, 6.45) is 0.675. The molecule has 0 atom stereocenters. The summed E-state index contributed by atoms with van der Waals surface area (Å²) in [6.45, 7) is 9.34. The molecule has 0 aromatic heterocycles. The normalized spacial score (nSPS) is 16.4. The lowest BCUT2D eigenvalue weighted by molar-refractivity contribution is -0.122. The molecule has 2 rings (SSSR count). The highest BCUT2D eigenvalue weighted by molar-refractivity contribution is 7.89. The van der Waals surface area contributed by atoms with Crippen molar-refractivity contribution in [3.63, 3.8) is 0 Å². The van der Waals surface area contributed by atoms with Gasteiger partial charge in [0.05, 0.1) is 24.7 Å². The Morgan fingerprint density at radius 2 is 1.75 bits per heavy atom. The molecule has 1 heterocycles. The van der Waals surface area contributed by atoms with Gasteiger partial charge in [0, 0.05) is 32.2 Å². The number of likely N-dealkylation sites (N-methyl/N-ethyl adjacent to an activating group) is 1. The molecule has 1 aliphatic rings. The van der Waals surface area contributed by atoms with Crippen LogP contribution in [0.3, 0.4) is 0 Å². The number of ether oxygens (including phenoxy) is 2. The molecule has 0 unspecified atom stereocenters. The predicted molar refractivity (Wildman–Crippen MR) is 107 cm³/mol. The number of carbonyl (C=O) groups excluding carboxylic acids is 1. The zero-order valence-electron chi connectivity index (χ0n) is 16.9. The topological polar surface area (TPSA) is 88.2 Å². The van der Waals surface area contributed by atoms with Crippen molar-refractivity contribution in [1.82, 2.24) is 14.5 Å². The van der Waals surface area contributed by atoms with E-state index in [1.54, 1.807) is 12.1 Å². The Hall–Kier alpha value is -1.84. The lowest BCUT2D eigenvalue weighted by Gasteiger charge is -2.22. The van der Waals surface area contributed by atoms with Crippen molar-refractivity contribution in [1.29, 1.82) is 0 Å². The SMILES string of the molecule is CCNC(=O)CN1CCCN(S(=O)(=O)c2ccc(OCC)c(OCC)c2)CC1. The van der Waals surface area contributed by atoms with Gasteiger partial charge in [-0.3, -0.25) is 9.69 Å². The number of benzene rings is 1. The van der Waals surface area contributed by atoms with Gasteiger partial charge >= 0.3 is 0 Å². The zero-order valence-corrected chi connectivity index (χ0v) is 17.8. The number of sulfonamides is 1. The first-order valence-corrected chi connectivity index (χ1v) is 11.2. The Kier molecular flexibility index (Phi) is 8.53. The zero-order chi connectivity index (χ0) is 20.6. The van der Waals surface area contributed by atoms with Crippen LogP contribution in [0.5, 0.6) is 11.5 Å². The first kappa shape index (κ1) is 22.4. The third-order valence-corrected chi connectivity index (χ3v) is 6.34. The number of nitrogens with one attached hydrogen (secondary N) is 1. The summed E-state index contributed by atoms with van der Waals surface area (Å²) in [4.78, 5) is 14.0. The van der Waals surface area contributed by atoms with Gasteiger partial charge in [-0.15, -0.1) is 0 Å². The van der Waals surface area contributed by atoms with Crippen molar-refractivity contribution in [3.05, 3.63) is 18.2 Å². The molecule has 1 aromatic rings. The van der Waals surface area contributed by atoms with Gasteiger partial charge in [0.2, 0.25) is 15.9 Å². The third kappa shape index (κ3) is 5.83. The largest absolute Gasteiger partial charge is 0.490 e. The van der Waals surface area contributed by atoms with Crippen molar-refractivity contribution in [3.8, 4) is 11.5 Å². The molecule has 1 saturated heterocycles. The molecular formula is C19H31N3O5S. The van der Waals surface area contributed by atoms with Gasteiger partial charge in [-0.2, -0.15) is 4.31 Å². The van der Waals surface area contributed by atoms with Crippen LogP contribution in [-0.2, 0) is 14.8 Å². The molecule has 8 nitrogen and oxygen atoms in total. The van der Waals surface area contributed by atoms with Crippen molar-refractivity contribution >= 4 is 15.9 Å². The minimum Gasteiger partial charge on any atom is -0.490 e. The Labute approximate surface area is 167 Å². The maximum atomic E-state index is 13.1. The molecule has 28 heavy (non-hydrogen) atoms. The van der Waals surface area contributed by atoms with E-state index in [0.717, 1.165) is 0 Å². The van der Waals surface area contributed by atoms with Gasteiger partial charge in [0.15, 0.2) is 11.5 Å². The third-order valence-electron chi connectivity index (χ3n) is 4.44. The van der Waals surface area contributed by atoms with Crippen LogP contribution in [0, 0.1) is 0 Å². The van der Waals surface area contributed by atoms with E-state index < -0.39 is 10.0 Å².